The average molecular weight is 583 g/mol. The van der Waals surface area contributed by atoms with E-state index in [4.69, 9.17) is 14.2 Å². The number of aryl methyl sites for hydroxylation is 1. The summed E-state index contributed by atoms with van der Waals surface area (Å²) in [4.78, 5) is 15.8. The first kappa shape index (κ1) is 31.2. The topological polar surface area (TPSA) is 80.3 Å². The van der Waals surface area contributed by atoms with Crippen molar-refractivity contribution in [3.05, 3.63) is 64.5 Å². The molecule has 1 saturated heterocycles. The molecular formula is C30H38F4N2O5. The minimum Gasteiger partial charge on any atom is -0.491 e. The van der Waals surface area contributed by atoms with Gasteiger partial charge in [0, 0.05) is 45.5 Å². The van der Waals surface area contributed by atoms with Crippen molar-refractivity contribution in [2.24, 2.45) is 5.92 Å². The van der Waals surface area contributed by atoms with Gasteiger partial charge in [-0.05, 0) is 74.0 Å². The van der Waals surface area contributed by atoms with Crippen molar-refractivity contribution in [1.29, 1.82) is 0 Å². The van der Waals surface area contributed by atoms with Crippen LogP contribution in [0.2, 0.25) is 0 Å². The highest BCUT2D eigenvalue weighted by molar-refractivity contribution is 5.81. The van der Waals surface area contributed by atoms with Gasteiger partial charge in [-0.25, -0.2) is 4.39 Å². The van der Waals surface area contributed by atoms with Gasteiger partial charge in [-0.3, -0.25) is 4.79 Å². The fraction of sp³-hybridized carbons (Fsp3) is 0.567. The second-order valence-corrected chi connectivity index (χ2v) is 10.7. The number of amides is 1. The number of aliphatic hydroxyl groups is 1. The Morgan fingerprint density at radius 1 is 1.07 bits per heavy atom. The Kier molecular flexibility index (Phi) is 10.3. The van der Waals surface area contributed by atoms with E-state index in [0.29, 0.717) is 31.6 Å². The molecule has 1 amide bonds. The number of rotatable bonds is 13. The van der Waals surface area contributed by atoms with Crippen LogP contribution in [0.5, 0.6) is 5.75 Å². The second-order valence-electron chi connectivity index (χ2n) is 10.7. The lowest BCUT2D eigenvalue weighted by molar-refractivity contribution is -0.151. The molecule has 1 aliphatic carbocycles. The Bertz CT molecular complexity index is 1160. The second kappa shape index (κ2) is 13.5. The lowest BCUT2D eigenvalue weighted by Crippen LogP contribution is -2.55. The molecule has 226 valence electrons. The maximum Gasteiger partial charge on any atom is 0.416 e. The molecule has 2 atom stereocenters. The zero-order valence-corrected chi connectivity index (χ0v) is 23.4. The van der Waals surface area contributed by atoms with E-state index in [1.54, 1.807) is 19.1 Å². The monoisotopic (exact) mass is 582 g/mol. The van der Waals surface area contributed by atoms with Crippen LogP contribution in [0.3, 0.4) is 0 Å². The molecule has 4 rings (SSSR count). The first-order chi connectivity index (χ1) is 19.6. The third kappa shape index (κ3) is 7.77. The molecule has 0 bridgehead atoms. The minimum atomic E-state index is -4.72. The van der Waals surface area contributed by atoms with Gasteiger partial charge in [0.1, 0.15) is 23.8 Å². The number of alkyl halides is 3. The van der Waals surface area contributed by atoms with Crippen molar-refractivity contribution in [3.8, 4) is 5.75 Å². The molecule has 2 aromatic rings. The van der Waals surface area contributed by atoms with Gasteiger partial charge in [0.2, 0.25) is 5.91 Å². The fourth-order valence-corrected chi connectivity index (χ4v) is 5.41. The molecule has 1 aliphatic heterocycles. The van der Waals surface area contributed by atoms with Crippen LogP contribution in [-0.2, 0) is 39.0 Å². The number of benzene rings is 2. The van der Waals surface area contributed by atoms with Crippen LogP contribution in [-0.4, -0.2) is 69.1 Å². The highest BCUT2D eigenvalue weighted by atomic mass is 19.4. The third-order valence-electron chi connectivity index (χ3n) is 7.69. The molecule has 7 nitrogen and oxygen atoms in total. The van der Waals surface area contributed by atoms with Gasteiger partial charge in [0.25, 0.3) is 0 Å². The molecule has 2 N–H and O–H groups in total. The Morgan fingerprint density at radius 2 is 1.80 bits per heavy atom. The number of hydrogen-bond donors (Lipinski definition) is 2. The van der Waals surface area contributed by atoms with Crippen LogP contribution >= 0.6 is 0 Å². The fourth-order valence-electron chi connectivity index (χ4n) is 5.41. The van der Waals surface area contributed by atoms with Crippen LogP contribution in [0.25, 0.3) is 0 Å². The highest BCUT2D eigenvalue weighted by Gasteiger charge is 2.49. The number of nitrogens with one attached hydrogen (secondary N) is 1. The molecule has 2 fully saturated rings. The van der Waals surface area contributed by atoms with E-state index in [1.165, 1.54) is 0 Å². The number of hydrogen-bond acceptors (Lipinski definition) is 6. The van der Waals surface area contributed by atoms with Crippen molar-refractivity contribution in [2.75, 3.05) is 47.1 Å². The molecule has 0 aromatic heterocycles. The van der Waals surface area contributed by atoms with Gasteiger partial charge < -0.3 is 29.5 Å². The van der Waals surface area contributed by atoms with Gasteiger partial charge in [0.05, 0.1) is 18.1 Å². The molecule has 41 heavy (non-hydrogen) atoms. The van der Waals surface area contributed by atoms with Crippen LogP contribution in [0.1, 0.15) is 47.9 Å². The Balaban J connectivity index is 1.61. The summed E-state index contributed by atoms with van der Waals surface area (Å²) in [5.41, 5.74) is -1.53. The molecule has 11 heteroatoms. The summed E-state index contributed by atoms with van der Waals surface area (Å²) < 4.78 is 70.7. The zero-order chi connectivity index (χ0) is 29.6. The van der Waals surface area contributed by atoms with E-state index in [1.807, 2.05) is 18.2 Å². The summed E-state index contributed by atoms with van der Waals surface area (Å²) in [6.45, 7) is 2.00. The molecular weight excluding hydrogens is 544 g/mol. The Hall–Kier alpha value is -2.73. The number of ether oxygens (including phenoxy) is 3. The van der Waals surface area contributed by atoms with Crippen LogP contribution in [0.15, 0.2) is 36.4 Å². The first-order valence-corrected chi connectivity index (χ1v) is 13.9. The van der Waals surface area contributed by atoms with Crippen LogP contribution < -0.4 is 10.1 Å². The summed E-state index contributed by atoms with van der Waals surface area (Å²) in [6.07, 6.45) is -1.59. The average Bonchev–Trinajstić information content (AvgIpc) is 3.77. The number of piperidine rings is 1. The van der Waals surface area contributed by atoms with Gasteiger partial charge in [-0.15, -0.1) is 0 Å². The number of carbonyl (C=O) groups is 1. The van der Waals surface area contributed by atoms with Crippen LogP contribution in [0.4, 0.5) is 17.6 Å². The summed E-state index contributed by atoms with van der Waals surface area (Å²) in [5, 5.41) is 14.8. The Morgan fingerprint density at radius 3 is 2.46 bits per heavy atom. The predicted octanol–water partition coefficient (Wildman–Crippen LogP) is 4.44. The van der Waals surface area contributed by atoms with Gasteiger partial charge in [0.15, 0.2) is 0 Å². The number of methoxy groups -OCH3 is 2. The summed E-state index contributed by atoms with van der Waals surface area (Å²) in [6, 6.07) is 7.89. The predicted molar refractivity (Wildman–Crippen MR) is 144 cm³/mol. The van der Waals surface area contributed by atoms with Gasteiger partial charge >= 0.3 is 6.18 Å². The lowest BCUT2D eigenvalue weighted by atomic mass is 9.75. The lowest BCUT2D eigenvalue weighted by Gasteiger charge is -2.42. The van der Waals surface area contributed by atoms with E-state index in [2.05, 4.69) is 5.32 Å². The summed E-state index contributed by atoms with van der Waals surface area (Å²) >= 11 is 0. The molecule has 0 spiro atoms. The van der Waals surface area contributed by atoms with Crippen molar-refractivity contribution < 1.29 is 41.7 Å². The summed E-state index contributed by atoms with van der Waals surface area (Å²) in [7, 11) is 3.24. The third-order valence-corrected chi connectivity index (χ3v) is 7.69. The SMILES string of the molecule is COCCCc1cc(CN(C(=O)C2CNCCC2(O)c2ccc(C(F)(F)F)cc2F)C2CC2)cc(OCCOC)c1. The van der Waals surface area contributed by atoms with E-state index < -0.39 is 29.1 Å². The van der Waals surface area contributed by atoms with E-state index in [-0.39, 0.29) is 43.6 Å². The first-order valence-electron chi connectivity index (χ1n) is 13.9. The van der Waals surface area contributed by atoms with Crippen molar-refractivity contribution >= 4 is 5.91 Å². The smallest absolute Gasteiger partial charge is 0.416 e. The number of nitrogens with zero attached hydrogens (tertiary/aromatic N) is 1. The molecule has 1 heterocycles. The molecule has 0 radical (unpaired) electrons. The van der Waals surface area contributed by atoms with E-state index in [9.17, 15) is 23.1 Å². The molecule has 2 aromatic carbocycles. The van der Waals surface area contributed by atoms with Crippen LogP contribution in [0, 0.1) is 11.7 Å². The van der Waals surface area contributed by atoms with Crippen molar-refractivity contribution in [2.45, 2.75) is 56.5 Å². The molecule has 1 saturated carbocycles. The van der Waals surface area contributed by atoms with Gasteiger partial charge in [-0.2, -0.15) is 13.2 Å². The largest absolute Gasteiger partial charge is 0.491 e. The van der Waals surface area contributed by atoms with Gasteiger partial charge in [-0.1, -0.05) is 12.1 Å². The number of carbonyl (C=O) groups excluding carboxylic acids is 1. The van der Waals surface area contributed by atoms with E-state index in [0.717, 1.165) is 48.9 Å². The number of halogens is 4. The molecule has 2 aliphatic rings. The highest BCUT2D eigenvalue weighted by Crippen LogP contribution is 2.41. The normalized spacial score (nSPS) is 21.1. The minimum absolute atomic E-state index is 0.0172. The standard InChI is InChI=1S/C30H38F4N2O5/c1-39-11-3-4-20-14-21(16-24(15-20)41-13-12-40-2)19-36(23-6-7-23)28(37)26-18-35-10-9-29(26,38)25-8-5-22(17-27(25)31)30(32,33)34/h5,8,14-17,23,26,35,38H,3-4,6-7,9-13,18-19H2,1-2H3. The maximum absolute atomic E-state index is 15.1. The zero-order valence-electron chi connectivity index (χ0n) is 23.4. The molecule has 2 unspecified atom stereocenters. The Labute approximate surface area is 237 Å². The quantitative estimate of drug-likeness (QED) is 0.269. The van der Waals surface area contributed by atoms with E-state index >= 15 is 4.39 Å². The van der Waals surface area contributed by atoms with Crippen molar-refractivity contribution in [3.63, 3.8) is 0 Å². The van der Waals surface area contributed by atoms with Crippen molar-refractivity contribution in [1.82, 2.24) is 10.2 Å². The maximum atomic E-state index is 15.1. The summed E-state index contributed by atoms with van der Waals surface area (Å²) in [5.74, 6) is -1.97.